The van der Waals surface area contributed by atoms with Crippen molar-refractivity contribution < 1.29 is 13.9 Å². The third-order valence-corrected chi connectivity index (χ3v) is 3.09. The summed E-state index contributed by atoms with van der Waals surface area (Å²) in [6.07, 6.45) is 1.07. The molecule has 0 spiro atoms. The average Bonchev–Trinajstić information content (AvgIpc) is 2.38. The van der Waals surface area contributed by atoms with Crippen LogP contribution in [0, 0.1) is 0 Å². The summed E-state index contributed by atoms with van der Waals surface area (Å²) in [6, 6.07) is 5.89. The van der Waals surface area contributed by atoms with Crippen LogP contribution in [0.25, 0.3) is 0 Å². The van der Waals surface area contributed by atoms with Gasteiger partial charge in [0.15, 0.2) is 0 Å². The first kappa shape index (κ1) is 15.0. The number of aromatic hydroxyl groups is 1. The fourth-order valence-electron chi connectivity index (χ4n) is 1.46. The van der Waals surface area contributed by atoms with E-state index in [0.29, 0.717) is 22.3 Å². The van der Waals surface area contributed by atoms with E-state index in [1.165, 1.54) is 24.3 Å². The second kappa shape index (κ2) is 6.35. The van der Waals surface area contributed by atoms with Crippen molar-refractivity contribution in [1.82, 2.24) is 9.97 Å². The summed E-state index contributed by atoms with van der Waals surface area (Å²) >= 11 is 0.408. The van der Waals surface area contributed by atoms with Gasteiger partial charge in [0.2, 0.25) is 5.88 Å². The molecule has 21 heavy (non-hydrogen) atoms. The van der Waals surface area contributed by atoms with Gasteiger partial charge >= 0.3 is 5.69 Å². The quantitative estimate of drug-likeness (QED) is 0.592. The molecule has 6 nitrogen and oxygen atoms in total. The first-order valence-electron chi connectivity index (χ1n) is 5.60. The Bertz CT molecular complexity index is 769. The summed E-state index contributed by atoms with van der Waals surface area (Å²) in [6.45, 7) is 0. The Balaban J connectivity index is 2.22. The van der Waals surface area contributed by atoms with E-state index in [2.05, 4.69) is 4.99 Å². The maximum Gasteiger partial charge on any atom is 0.328 e. The highest BCUT2D eigenvalue weighted by Gasteiger charge is 2.06. The molecule has 3 N–H and O–H groups in total. The van der Waals surface area contributed by atoms with Gasteiger partial charge in [-0.3, -0.25) is 19.8 Å². The molecule has 0 amide bonds. The van der Waals surface area contributed by atoms with E-state index >= 15 is 0 Å². The molecule has 1 aromatic heterocycles. The van der Waals surface area contributed by atoms with E-state index in [-0.39, 0.29) is 5.56 Å². The van der Waals surface area contributed by atoms with Crippen molar-refractivity contribution in [2.24, 2.45) is 4.99 Å². The van der Waals surface area contributed by atoms with E-state index < -0.39 is 22.9 Å². The van der Waals surface area contributed by atoms with Crippen molar-refractivity contribution in [3.8, 4) is 5.88 Å². The third kappa shape index (κ3) is 4.02. The van der Waals surface area contributed by atoms with Gasteiger partial charge in [0.05, 0.1) is 5.69 Å². The van der Waals surface area contributed by atoms with Crippen LogP contribution in [0.3, 0.4) is 0 Å². The number of aliphatic imine (C=N–C) groups is 1. The Morgan fingerprint density at radius 3 is 2.43 bits per heavy atom. The highest BCUT2D eigenvalue weighted by molar-refractivity contribution is 7.99. The Kier molecular flexibility index (Phi) is 4.53. The monoisotopic (exact) mass is 313 g/mol. The zero-order valence-corrected chi connectivity index (χ0v) is 11.2. The number of nitrogens with one attached hydrogen (secondary N) is 2. The smallest absolute Gasteiger partial charge is 0.328 e. The number of alkyl halides is 2. The number of aromatic nitrogens is 2. The maximum absolute atomic E-state index is 12.2. The molecule has 0 aliphatic carbocycles. The van der Waals surface area contributed by atoms with Gasteiger partial charge < -0.3 is 5.11 Å². The zero-order valence-electron chi connectivity index (χ0n) is 10.3. The average molecular weight is 313 g/mol. The molecule has 1 aromatic carbocycles. The Labute approximate surface area is 120 Å². The fraction of sp³-hybridized carbons (Fsp3) is 0.0833. The summed E-state index contributed by atoms with van der Waals surface area (Å²) in [5.41, 5.74) is -1.42. The van der Waals surface area contributed by atoms with Gasteiger partial charge in [-0.15, -0.1) is 0 Å². The summed E-state index contributed by atoms with van der Waals surface area (Å²) < 4.78 is 24.3. The molecule has 1 heterocycles. The van der Waals surface area contributed by atoms with Crippen LogP contribution in [0.2, 0.25) is 0 Å². The summed E-state index contributed by atoms with van der Waals surface area (Å²) in [7, 11) is 0. The van der Waals surface area contributed by atoms with Crippen molar-refractivity contribution in [3.05, 3.63) is 50.7 Å². The second-order valence-corrected chi connectivity index (χ2v) is 4.86. The van der Waals surface area contributed by atoms with Crippen LogP contribution in [-0.4, -0.2) is 27.0 Å². The molecular formula is C12H9F2N3O3S. The lowest BCUT2D eigenvalue weighted by Crippen LogP contribution is -2.24. The minimum Gasteiger partial charge on any atom is -0.494 e. The molecule has 110 valence electrons. The van der Waals surface area contributed by atoms with Crippen molar-refractivity contribution in [2.45, 2.75) is 10.7 Å². The molecule has 0 fully saturated rings. The van der Waals surface area contributed by atoms with E-state index in [4.69, 9.17) is 0 Å². The topological polar surface area (TPSA) is 98.3 Å². The minimum atomic E-state index is -2.50. The summed E-state index contributed by atoms with van der Waals surface area (Å²) in [5.74, 6) is -3.10. The van der Waals surface area contributed by atoms with E-state index in [0.717, 1.165) is 6.21 Å². The van der Waals surface area contributed by atoms with Crippen LogP contribution in [0.15, 0.2) is 43.7 Å². The van der Waals surface area contributed by atoms with Crippen LogP contribution >= 0.6 is 11.8 Å². The molecule has 0 radical (unpaired) electrons. The van der Waals surface area contributed by atoms with Crippen molar-refractivity contribution >= 4 is 23.7 Å². The number of halogens is 2. The molecular weight excluding hydrogens is 304 g/mol. The van der Waals surface area contributed by atoms with Crippen LogP contribution in [-0.2, 0) is 0 Å². The highest BCUT2D eigenvalue weighted by atomic mass is 32.2. The lowest BCUT2D eigenvalue weighted by Gasteiger charge is -2.00. The number of aromatic amines is 2. The van der Waals surface area contributed by atoms with Crippen molar-refractivity contribution in [2.75, 3.05) is 0 Å². The van der Waals surface area contributed by atoms with Gasteiger partial charge in [-0.1, -0.05) is 11.8 Å². The van der Waals surface area contributed by atoms with Crippen LogP contribution in [0.4, 0.5) is 14.5 Å². The molecule has 0 saturated heterocycles. The minimum absolute atomic E-state index is 0.208. The highest BCUT2D eigenvalue weighted by Crippen LogP contribution is 2.26. The summed E-state index contributed by atoms with van der Waals surface area (Å²) in [4.78, 5) is 30.6. The Hall–Kier alpha value is -2.42. The standard InChI is InChI=1S/C12H9F2N3O3S/c13-11(14)21-7-3-1-6(2-4-7)15-5-8-9(18)16-12(20)17-10(8)19/h1-5,11H,(H3,16,17,18,19,20). The second-order valence-electron chi connectivity index (χ2n) is 3.80. The molecule has 2 rings (SSSR count). The van der Waals surface area contributed by atoms with Crippen LogP contribution in [0.5, 0.6) is 5.88 Å². The van der Waals surface area contributed by atoms with Gasteiger partial charge in [-0.05, 0) is 24.3 Å². The Morgan fingerprint density at radius 1 is 1.19 bits per heavy atom. The summed E-state index contributed by atoms with van der Waals surface area (Å²) in [5, 5.41) is 9.44. The lowest BCUT2D eigenvalue weighted by molar-refractivity contribution is 0.252. The van der Waals surface area contributed by atoms with E-state index in [9.17, 15) is 23.5 Å². The molecule has 0 aliphatic rings. The predicted octanol–water partition coefficient (Wildman–Crippen LogP) is 1.83. The number of rotatable bonds is 4. The maximum atomic E-state index is 12.2. The molecule has 9 heteroatoms. The van der Waals surface area contributed by atoms with Gasteiger partial charge in [0, 0.05) is 11.1 Å². The molecule has 0 saturated carbocycles. The molecule has 0 atom stereocenters. The molecule has 0 unspecified atom stereocenters. The van der Waals surface area contributed by atoms with Crippen molar-refractivity contribution in [1.29, 1.82) is 0 Å². The normalized spacial score (nSPS) is 11.4. The van der Waals surface area contributed by atoms with Crippen LogP contribution in [0.1, 0.15) is 5.56 Å². The number of benzene rings is 1. The third-order valence-electron chi connectivity index (χ3n) is 2.36. The Morgan fingerprint density at radius 2 is 1.86 bits per heavy atom. The molecule has 2 aromatic rings. The van der Waals surface area contributed by atoms with Gasteiger partial charge in [0.25, 0.3) is 11.3 Å². The van der Waals surface area contributed by atoms with Crippen LogP contribution < -0.4 is 11.2 Å². The molecule has 0 aliphatic heterocycles. The van der Waals surface area contributed by atoms with Crippen molar-refractivity contribution in [3.63, 3.8) is 0 Å². The number of thioether (sulfide) groups is 1. The first-order valence-corrected chi connectivity index (χ1v) is 6.48. The number of H-pyrrole nitrogens is 2. The van der Waals surface area contributed by atoms with E-state index in [1.54, 1.807) is 0 Å². The fourth-order valence-corrected chi connectivity index (χ4v) is 1.96. The number of hydrogen-bond donors (Lipinski definition) is 3. The largest absolute Gasteiger partial charge is 0.494 e. The van der Waals surface area contributed by atoms with Gasteiger partial charge in [-0.25, -0.2) is 4.79 Å². The number of nitrogens with zero attached hydrogens (tertiary/aromatic N) is 1. The van der Waals surface area contributed by atoms with E-state index in [1.807, 2.05) is 9.97 Å². The lowest BCUT2D eigenvalue weighted by atomic mass is 10.3. The van der Waals surface area contributed by atoms with Gasteiger partial charge in [-0.2, -0.15) is 8.78 Å². The number of hydrogen-bond acceptors (Lipinski definition) is 5. The first-order chi connectivity index (χ1) is 9.95. The SMILES string of the molecule is O=c1[nH]c(O)c(C=Nc2ccc(SC(F)F)cc2)c(=O)[nH]1. The zero-order chi connectivity index (χ0) is 15.4. The molecule has 0 bridgehead atoms. The van der Waals surface area contributed by atoms with Gasteiger partial charge in [0.1, 0.15) is 5.56 Å². The predicted molar refractivity (Wildman–Crippen MR) is 74.9 cm³/mol.